The van der Waals surface area contributed by atoms with Crippen molar-refractivity contribution >= 4 is 11.3 Å². The molecule has 0 aliphatic carbocycles. The summed E-state index contributed by atoms with van der Waals surface area (Å²) in [6, 6.07) is 0.206. The Morgan fingerprint density at radius 2 is 2.27 bits per heavy atom. The zero-order valence-electron chi connectivity index (χ0n) is 8.02. The molecule has 2 rings (SSSR count). The highest BCUT2D eigenvalue weighted by atomic mass is 32.1. The summed E-state index contributed by atoms with van der Waals surface area (Å²) in [5.74, 6) is 0.580. The Balaban J connectivity index is 2.13. The van der Waals surface area contributed by atoms with Crippen molar-refractivity contribution < 1.29 is 17.9 Å². The Hall–Kier alpha value is -0.750. The van der Waals surface area contributed by atoms with Crippen LogP contribution in [0.25, 0.3) is 0 Å². The lowest BCUT2D eigenvalue weighted by molar-refractivity contribution is -0.161. The summed E-state index contributed by atoms with van der Waals surface area (Å²) in [4.78, 5) is 1.88. The first-order valence-corrected chi connectivity index (χ1v) is 5.30. The Labute approximate surface area is 89.1 Å². The second-order valence-electron chi connectivity index (χ2n) is 3.43. The normalized spacial score (nSPS) is 21.7. The maximum atomic E-state index is 12.4. The van der Waals surface area contributed by atoms with Crippen molar-refractivity contribution in [2.75, 3.05) is 6.61 Å². The summed E-state index contributed by atoms with van der Waals surface area (Å²) in [5, 5.41) is 2.45. The van der Waals surface area contributed by atoms with Gasteiger partial charge in [-0.3, -0.25) is 5.32 Å². The predicted octanol–water partition coefficient (Wildman–Crippen LogP) is 2.47. The molecule has 1 aliphatic heterocycles. The van der Waals surface area contributed by atoms with Gasteiger partial charge in [0.25, 0.3) is 0 Å². The molecule has 0 saturated carbocycles. The highest BCUT2D eigenvalue weighted by molar-refractivity contribution is 7.12. The molecule has 0 radical (unpaired) electrons. The number of aryl methyl sites for hydroxylation is 1. The molecule has 1 N–H and O–H groups in total. The number of fused-ring (bicyclic) bond motifs is 1. The molecule has 1 atom stereocenters. The van der Waals surface area contributed by atoms with Gasteiger partial charge in [0.2, 0.25) is 0 Å². The molecular formula is C9H10F3NOS. The number of thiophene rings is 1. The molecule has 0 fully saturated rings. The highest BCUT2D eigenvalue weighted by Gasteiger charge is 2.41. The van der Waals surface area contributed by atoms with E-state index in [1.165, 1.54) is 11.3 Å². The van der Waals surface area contributed by atoms with Gasteiger partial charge >= 0.3 is 6.18 Å². The second kappa shape index (κ2) is 3.68. The van der Waals surface area contributed by atoms with Gasteiger partial charge in [-0.15, -0.1) is 11.3 Å². The summed E-state index contributed by atoms with van der Waals surface area (Å²) < 4.78 is 42.3. The molecule has 0 aromatic carbocycles. The van der Waals surface area contributed by atoms with Crippen molar-refractivity contribution in [1.29, 1.82) is 0 Å². The highest BCUT2D eigenvalue weighted by Crippen LogP contribution is 2.32. The van der Waals surface area contributed by atoms with E-state index < -0.39 is 12.2 Å². The maximum Gasteiger partial charge on any atom is 0.407 e. The van der Waals surface area contributed by atoms with Crippen LogP contribution in [0, 0.1) is 6.92 Å². The van der Waals surface area contributed by atoms with E-state index in [2.05, 4.69) is 5.32 Å². The fourth-order valence-electron chi connectivity index (χ4n) is 1.44. The molecule has 0 saturated heterocycles. The Morgan fingerprint density at radius 3 is 2.93 bits per heavy atom. The lowest BCUT2D eigenvalue weighted by Crippen LogP contribution is -2.44. The van der Waals surface area contributed by atoms with E-state index in [1.807, 2.05) is 6.92 Å². The van der Waals surface area contributed by atoms with E-state index in [1.54, 1.807) is 6.07 Å². The number of rotatable bonds is 0. The molecule has 0 bridgehead atoms. The van der Waals surface area contributed by atoms with Gasteiger partial charge in [-0.05, 0) is 13.0 Å². The van der Waals surface area contributed by atoms with Gasteiger partial charge in [0.1, 0.15) is 18.4 Å². The van der Waals surface area contributed by atoms with E-state index >= 15 is 0 Å². The molecule has 1 aliphatic rings. The Kier molecular flexibility index (Phi) is 2.64. The summed E-state index contributed by atoms with van der Waals surface area (Å²) in [7, 11) is 0. The maximum absolute atomic E-state index is 12.4. The van der Waals surface area contributed by atoms with Gasteiger partial charge < -0.3 is 4.74 Å². The van der Waals surface area contributed by atoms with Gasteiger partial charge in [0.15, 0.2) is 0 Å². The largest absolute Gasteiger partial charge is 0.490 e. The van der Waals surface area contributed by atoms with Crippen LogP contribution in [-0.4, -0.2) is 18.8 Å². The fraction of sp³-hybridized carbons (Fsp3) is 0.556. The summed E-state index contributed by atoms with van der Waals surface area (Å²) in [6.45, 7) is 1.77. The molecule has 2 nitrogen and oxygen atoms in total. The standard InChI is InChI=1S/C9H10F3NOS/c1-5-2-6-7(15-5)3-13-8(4-14-6)9(10,11)12/h2,8,13H,3-4H2,1H3. The summed E-state index contributed by atoms with van der Waals surface area (Å²) in [5.41, 5.74) is 0. The summed E-state index contributed by atoms with van der Waals surface area (Å²) in [6.07, 6.45) is -4.25. The number of hydrogen-bond acceptors (Lipinski definition) is 3. The monoisotopic (exact) mass is 237 g/mol. The van der Waals surface area contributed by atoms with E-state index in [4.69, 9.17) is 4.74 Å². The number of halogens is 3. The minimum atomic E-state index is -4.25. The van der Waals surface area contributed by atoms with Gasteiger partial charge in [-0.1, -0.05) is 0 Å². The van der Waals surface area contributed by atoms with E-state index in [-0.39, 0.29) is 13.2 Å². The van der Waals surface area contributed by atoms with Crippen LogP contribution in [0.1, 0.15) is 9.75 Å². The molecule has 0 amide bonds. The zero-order chi connectivity index (χ0) is 11.1. The molecule has 84 valence electrons. The minimum absolute atomic E-state index is 0.220. The number of alkyl halides is 3. The third kappa shape index (κ3) is 2.26. The molecule has 2 heterocycles. The molecule has 1 aromatic rings. The second-order valence-corrected chi connectivity index (χ2v) is 4.77. The molecular weight excluding hydrogens is 227 g/mol. The minimum Gasteiger partial charge on any atom is -0.490 e. The van der Waals surface area contributed by atoms with Crippen LogP contribution >= 0.6 is 11.3 Å². The van der Waals surface area contributed by atoms with Crippen molar-refractivity contribution in [2.24, 2.45) is 0 Å². The van der Waals surface area contributed by atoms with E-state index in [9.17, 15) is 13.2 Å². The Morgan fingerprint density at radius 1 is 1.53 bits per heavy atom. The molecule has 6 heteroatoms. The number of nitrogens with one attached hydrogen (secondary N) is 1. The zero-order valence-corrected chi connectivity index (χ0v) is 8.84. The van der Waals surface area contributed by atoms with Crippen molar-refractivity contribution in [3.05, 3.63) is 15.8 Å². The van der Waals surface area contributed by atoms with E-state index in [0.29, 0.717) is 5.75 Å². The summed E-state index contributed by atoms with van der Waals surface area (Å²) >= 11 is 1.46. The van der Waals surface area contributed by atoms with Gasteiger partial charge in [0, 0.05) is 11.4 Å². The smallest absolute Gasteiger partial charge is 0.407 e. The third-order valence-electron chi connectivity index (χ3n) is 2.20. The Bertz CT molecular complexity index is 335. The number of ether oxygens (including phenoxy) is 1. The number of hydrogen-bond donors (Lipinski definition) is 1. The van der Waals surface area contributed by atoms with E-state index in [0.717, 1.165) is 9.75 Å². The van der Waals surface area contributed by atoms with Crippen molar-refractivity contribution in [1.82, 2.24) is 5.32 Å². The average Bonchev–Trinajstić information content (AvgIpc) is 2.32. The van der Waals surface area contributed by atoms with Crippen LogP contribution in [0.3, 0.4) is 0 Å². The van der Waals surface area contributed by atoms with Crippen LogP contribution in [0.5, 0.6) is 5.75 Å². The predicted molar refractivity (Wildman–Crippen MR) is 51.2 cm³/mol. The topological polar surface area (TPSA) is 21.3 Å². The van der Waals surface area contributed by atoms with Crippen LogP contribution in [0.4, 0.5) is 13.2 Å². The van der Waals surface area contributed by atoms with Crippen molar-refractivity contribution in [3.63, 3.8) is 0 Å². The first-order valence-electron chi connectivity index (χ1n) is 4.49. The van der Waals surface area contributed by atoms with Crippen LogP contribution < -0.4 is 10.1 Å². The van der Waals surface area contributed by atoms with Gasteiger partial charge in [0.05, 0.1) is 4.88 Å². The molecule has 15 heavy (non-hydrogen) atoms. The van der Waals surface area contributed by atoms with Crippen molar-refractivity contribution in [3.8, 4) is 5.75 Å². The first-order chi connectivity index (χ1) is 6.97. The molecule has 1 aromatic heterocycles. The first kappa shape index (κ1) is 10.8. The van der Waals surface area contributed by atoms with Crippen LogP contribution in [0.15, 0.2) is 6.07 Å². The molecule has 0 spiro atoms. The van der Waals surface area contributed by atoms with Gasteiger partial charge in [-0.2, -0.15) is 13.2 Å². The molecule has 1 unspecified atom stereocenters. The average molecular weight is 237 g/mol. The SMILES string of the molecule is Cc1cc2c(s1)CNC(C(F)(F)F)CO2. The lowest BCUT2D eigenvalue weighted by atomic mass is 10.3. The lowest BCUT2D eigenvalue weighted by Gasteiger charge is -2.18. The fourth-order valence-corrected chi connectivity index (χ4v) is 2.37. The van der Waals surface area contributed by atoms with Crippen LogP contribution in [0.2, 0.25) is 0 Å². The quantitative estimate of drug-likeness (QED) is 0.748. The van der Waals surface area contributed by atoms with Crippen LogP contribution in [-0.2, 0) is 6.54 Å². The van der Waals surface area contributed by atoms with Crippen molar-refractivity contribution in [2.45, 2.75) is 25.7 Å². The third-order valence-corrected chi connectivity index (χ3v) is 3.23. The van der Waals surface area contributed by atoms with Gasteiger partial charge in [-0.25, -0.2) is 0 Å².